The van der Waals surface area contributed by atoms with Crippen molar-refractivity contribution in [2.24, 2.45) is 0 Å². The number of anilines is 2. The number of thiophene rings is 1. The Morgan fingerprint density at radius 1 is 1.19 bits per heavy atom. The van der Waals surface area contributed by atoms with Crippen LogP contribution in [0.2, 0.25) is 0 Å². The summed E-state index contributed by atoms with van der Waals surface area (Å²) >= 11 is 2.81. The topological polar surface area (TPSA) is 83.6 Å². The molecule has 2 aromatic heterocycles. The third-order valence-corrected chi connectivity index (χ3v) is 6.72. The summed E-state index contributed by atoms with van der Waals surface area (Å²) in [4.78, 5) is 32.9. The number of fused-ring (bicyclic) bond motifs is 1. The Kier molecular flexibility index (Phi) is 6.83. The monoisotopic (exact) mass is 456 g/mol. The van der Waals surface area contributed by atoms with Crippen molar-refractivity contribution in [1.29, 1.82) is 0 Å². The first-order valence-corrected chi connectivity index (χ1v) is 11.9. The molecule has 0 aliphatic carbocycles. The predicted molar refractivity (Wildman–Crippen MR) is 124 cm³/mol. The zero-order valence-electron chi connectivity index (χ0n) is 17.2. The van der Waals surface area contributed by atoms with Gasteiger partial charge in [0.05, 0.1) is 23.7 Å². The molecular formula is C22H24N4O3S2. The zero-order chi connectivity index (χ0) is 21.6. The number of unbranched alkanes of at least 4 members (excludes halogenated alkanes) is 1. The van der Waals surface area contributed by atoms with E-state index >= 15 is 0 Å². The Balaban J connectivity index is 1.32. The first kappa shape index (κ1) is 21.3. The summed E-state index contributed by atoms with van der Waals surface area (Å²) in [6.45, 7) is 3.88. The molecule has 0 unspecified atom stereocenters. The Bertz CT molecular complexity index is 1030. The second-order valence-corrected chi connectivity index (χ2v) is 9.18. The predicted octanol–water partition coefficient (Wildman–Crippen LogP) is 5.23. The van der Waals surface area contributed by atoms with Gasteiger partial charge in [-0.05, 0) is 42.1 Å². The molecule has 1 aromatic carbocycles. The van der Waals surface area contributed by atoms with E-state index in [1.165, 1.54) is 22.7 Å². The highest BCUT2D eigenvalue weighted by Gasteiger charge is 2.25. The fourth-order valence-corrected chi connectivity index (χ4v) is 4.80. The molecule has 0 bridgehead atoms. The molecule has 0 fully saturated rings. The molecule has 0 spiro atoms. The summed E-state index contributed by atoms with van der Waals surface area (Å²) in [5.41, 5.74) is 1.68. The average molecular weight is 457 g/mol. The minimum absolute atomic E-state index is 0.150. The number of benzene rings is 1. The number of rotatable bonds is 7. The average Bonchev–Trinajstić information content (AvgIpc) is 3.44. The third-order valence-electron chi connectivity index (χ3n) is 4.86. The number of urea groups is 1. The normalized spacial score (nSPS) is 12.9. The maximum absolute atomic E-state index is 12.7. The van der Waals surface area contributed by atoms with E-state index in [1.807, 2.05) is 35.7 Å². The number of thiazole rings is 1. The van der Waals surface area contributed by atoms with Crippen molar-refractivity contribution in [2.45, 2.75) is 32.7 Å². The molecule has 3 aromatic rings. The molecule has 7 nitrogen and oxygen atoms in total. The molecule has 0 saturated heterocycles. The van der Waals surface area contributed by atoms with E-state index in [2.05, 4.69) is 22.5 Å². The van der Waals surface area contributed by atoms with Crippen molar-refractivity contribution in [1.82, 2.24) is 9.88 Å². The van der Waals surface area contributed by atoms with E-state index in [0.717, 1.165) is 34.8 Å². The van der Waals surface area contributed by atoms with Crippen LogP contribution in [-0.4, -0.2) is 35.0 Å². The summed E-state index contributed by atoms with van der Waals surface area (Å²) in [5.74, 6) is 0.647. The molecule has 162 valence electrons. The van der Waals surface area contributed by atoms with Gasteiger partial charge in [-0.2, -0.15) is 0 Å². The van der Waals surface area contributed by atoms with Crippen LogP contribution in [0.4, 0.5) is 15.6 Å². The van der Waals surface area contributed by atoms with Crippen LogP contribution in [0.1, 0.15) is 40.0 Å². The lowest BCUT2D eigenvalue weighted by Gasteiger charge is -2.26. The Morgan fingerprint density at radius 2 is 2.03 bits per heavy atom. The molecule has 2 N–H and O–H groups in total. The molecule has 1 aliphatic heterocycles. The molecule has 0 saturated carbocycles. The first-order chi connectivity index (χ1) is 15.1. The first-order valence-electron chi connectivity index (χ1n) is 10.2. The quantitative estimate of drug-likeness (QED) is 0.477. The molecule has 31 heavy (non-hydrogen) atoms. The van der Waals surface area contributed by atoms with E-state index < -0.39 is 0 Å². The molecule has 0 radical (unpaired) electrons. The number of hydrogen-bond donors (Lipinski definition) is 2. The molecular weight excluding hydrogens is 432 g/mol. The Hall–Kier alpha value is -2.91. The van der Waals surface area contributed by atoms with Gasteiger partial charge in [-0.3, -0.25) is 10.1 Å². The van der Waals surface area contributed by atoms with E-state index in [4.69, 9.17) is 4.74 Å². The lowest BCUT2D eigenvalue weighted by Crippen LogP contribution is -2.38. The second-order valence-electron chi connectivity index (χ2n) is 7.15. The van der Waals surface area contributed by atoms with Crippen LogP contribution in [0.3, 0.4) is 0 Å². The van der Waals surface area contributed by atoms with Gasteiger partial charge in [0.2, 0.25) is 0 Å². The van der Waals surface area contributed by atoms with Crippen LogP contribution < -0.4 is 15.4 Å². The molecule has 4 rings (SSSR count). The number of aromatic nitrogens is 1. The van der Waals surface area contributed by atoms with Gasteiger partial charge < -0.3 is 15.0 Å². The smallest absolute Gasteiger partial charge is 0.322 e. The van der Waals surface area contributed by atoms with Gasteiger partial charge in [-0.25, -0.2) is 9.78 Å². The largest absolute Gasteiger partial charge is 0.494 e. The molecule has 9 heteroatoms. The van der Waals surface area contributed by atoms with Gasteiger partial charge in [0.15, 0.2) is 5.13 Å². The van der Waals surface area contributed by atoms with Crippen LogP contribution >= 0.6 is 22.7 Å². The van der Waals surface area contributed by atoms with Crippen molar-refractivity contribution in [3.05, 3.63) is 57.2 Å². The van der Waals surface area contributed by atoms with Crippen LogP contribution in [0, 0.1) is 0 Å². The minimum Gasteiger partial charge on any atom is -0.494 e. The zero-order valence-corrected chi connectivity index (χ0v) is 18.9. The molecule has 3 heterocycles. The van der Waals surface area contributed by atoms with Crippen LogP contribution in [0.5, 0.6) is 5.75 Å². The summed E-state index contributed by atoms with van der Waals surface area (Å²) in [5, 5.41) is 8.24. The van der Waals surface area contributed by atoms with Gasteiger partial charge in [0, 0.05) is 23.5 Å². The lowest BCUT2D eigenvalue weighted by molar-refractivity contribution is 0.103. The molecule has 1 aliphatic rings. The maximum Gasteiger partial charge on any atom is 0.322 e. The third kappa shape index (κ3) is 5.42. The van der Waals surface area contributed by atoms with E-state index in [9.17, 15) is 9.59 Å². The van der Waals surface area contributed by atoms with Crippen molar-refractivity contribution < 1.29 is 14.3 Å². The van der Waals surface area contributed by atoms with Crippen LogP contribution in [-0.2, 0) is 13.0 Å². The molecule has 3 amide bonds. The van der Waals surface area contributed by atoms with E-state index in [1.54, 1.807) is 11.0 Å². The summed E-state index contributed by atoms with van der Waals surface area (Å²) in [6, 6.07) is 10.9. The van der Waals surface area contributed by atoms with E-state index in [0.29, 0.717) is 36.1 Å². The summed E-state index contributed by atoms with van der Waals surface area (Å²) < 4.78 is 5.66. The van der Waals surface area contributed by atoms with Gasteiger partial charge in [0.1, 0.15) is 5.75 Å². The summed E-state index contributed by atoms with van der Waals surface area (Å²) in [7, 11) is 0. The number of carbonyl (C=O) groups is 2. The highest BCUT2D eigenvalue weighted by atomic mass is 32.1. The molecule has 0 atom stereocenters. The van der Waals surface area contributed by atoms with Crippen LogP contribution in [0.25, 0.3) is 0 Å². The van der Waals surface area contributed by atoms with Gasteiger partial charge in [-0.15, -0.1) is 11.3 Å². The second kappa shape index (κ2) is 9.93. The summed E-state index contributed by atoms with van der Waals surface area (Å²) in [6.07, 6.45) is 2.78. The van der Waals surface area contributed by atoms with Gasteiger partial charge >= 0.3 is 6.03 Å². The van der Waals surface area contributed by atoms with Crippen molar-refractivity contribution >= 4 is 45.4 Å². The number of ether oxygens (including phenoxy) is 1. The number of carbonyl (C=O) groups excluding carboxylic acids is 2. The lowest BCUT2D eigenvalue weighted by atomic mass is 10.2. The maximum atomic E-state index is 12.7. The number of hydrogen-bond acceptors (Lipinski definition) is 6. The standard InChI is InChI=1S/C22H24N4O3S2/c1-2-3-12-29-16-8-6-15(7-9-16)23-22(28)26-11-10-17-19(14-26)31-21(24-17)25-20(27)18-5-4-13-30-18/h4-9,13H,2-3,10-12,14H2,1H3,(H,23,28)(H,24,25,27). The van der Waals surface area contributed by atoms with Crippen molar-refractivity contribution in [3.8, 4) is 5.75 Å². The highest BCUT2D eigenvalue weighted by Crippen LogP contribution is 2.29. The minimum atomic E-state index is -0.155. The number of amides is 3. The van der Waals surface area contributed by atoms with Crippen LogP contribution in [0.15, 0.2) is 41.8 Å². The van der Waals surface area contributed by atoms with Crippen molar-refractivity contribution in [2.75, 3.05) is 23.8 Å². The van der Waals surface area contributed by atoms with Crippen molar-refractivity contribution in [3.63, 3.8) is 0 Å². The SMILES string of the molecule is CCCCOc1ccc(NC(=O)N2CCc3nc(NC(=O)c4cccs4)sc3C2)cc1. The number of nitrogens with zero attached hydrogens (tertiary/aromatic N) is 2. The van der Waals surface area contributed by atoms with Gasteiger partial charge in [-0.1, -0.05) is 30.7 Å². The fraction of sp³-hybridized carbons (Fsp3) is 0.318. The highest BCUT2D eigenvalue weighted by molar-refractivity contribution is 7.16. The fourth-order valence-electron chi connectivity index (χ4n) is 3.16. The Morgan fingerprint density at radius 3 is 2.77 bits per heavy atom. The van der Waals surface area contributed by atoms with E-state index in [-0.39, 0.29) is 11.9 Å². The Labute approximate surface area is 189 Å². The van der Waals surface area contributed by atoms with Gasteiger partial charge in [0.25, 0.3) is 5.91 Å². The number of nitrogens with one attached hydrogen (secondary N) is 2.